The Kier molecular flexibility index (Phi) is 7.30. The van der Waals surface area contributed by atoms with Gasteiger partial charge in [-0.05, 0) is 66.8 Å². The van der Waals surface area contributed by atoms with E-state index in [2.05, 4.69) is 5.32 Å². The fourth-order valence-electron chi connectivity index (χ4n) is 3.20. The van der Waals surface area contributed by atoms with E-state index in [1.165, 1.54) is 18.2 Å². The van der Waals surface area contributed by atoms with E-state index in [0.717, 1.165) is 18.9 Å². The van der Waals surface area contributed by atoms with Gasteiger partial charge in [-0.1, -0.05) is 23.7 Å². The second-order valence-corrected chi connectivity index (χ2v) is 8.35. The highest BCUT2D eigenvalue weighted by atomic mass is 35.5. The first-order valence-corrected chi connectivity index (χ1v) is 10.5. The first-order valence-electron chi connectivity index (χ1n) is 10.1. The SMILES string of the molecule is Cc1cc(C=CC(=O)NC(c2cc(Cl)cc(C(F)(F)F)c2)C(F)(F)F)ccc1C(=O)NC1CC1. The third-order valence-electron chi connectivity index (χ3n) is 5.03. The average molecular weight is 505 g/mol. The quantitative estimate of drug-likeness (QED) is 0.375. The van der Waals surface area contributed by atoms with E-state index in [-0.39, 0.29) is 11.9 Å². The van der Waals surface area contributed by atoms with E-state index >= 15 is 0 Å². The molecular weight excluding hydrogens is 486 g/mol. The van der Waals surface area contributed by atoms with Crippen LogP contribution in [0.4, 0.5) is 26.3 Å². The number of amides is 2. The number of carbonyl (C=O) groups excluding carboxylic acids is 2. The van der Waals surface area contributed by atoms with Crippen molar-refractivity contribution in [1.82, 2.24) is 10.6 Å². The van der Waals surface area contributed by atoms with Gasteiger partial charge in [-0.15, -0.1) is 0 Å². The molecule has 4 nitrogen and oxygen atoms in total. The maximum absolute atomic E-state index is 13.6. The molecule has 34 heavy (non-hydrogen) atoms. The van der Waals surface area contributed by atoms with Gasteiger partial charge in [0.15, 0.2) is 6.04 Å². The molecular formula is C23H19ClF6N2O2. The molecule has 182 valence electrons. The summed E-state index contributed by atoms with van der Waals surface area (Å²) in [5, 5.41) is 3.97. The van der Waals surface area contributed by atoms with Crippen molar-refractivity contribution in [2.75, 3.05) is 0 Å². The molecule has 1 aliphatic rings. The summed E-state index contributed by atoms with van der Waals surface area (Å²) in [5.74, 6) is -1.41. The fourth-order valence-corrected chi connectivity index (χ4v) is 3.44. The lowest BCUT2D eigenvalue weighted by Crippen LogP contribution is -2.37. The van der Waals surface area contributed by atoms with Gasteiger partial charge in [-0.25, -0.2) is 0 Å². The molecule has 3 rings (SSSR count). The van der Waals surface area contributed by atoms with Crippen molar-refractivity contribution in [2.24, 2.45) is 0 Å². The van der Waals surface area contributed by atoms with Crippen LogP contribution in [0.25, 0.3) is 6.08 Å². The molecule has 1 atom stereocenters. The molecule has 0 spiro atoms. The van der Waals surface area contributed by atoms with Gasteiger partial charge >= 0.3 is 12.4 Å². The maximum Gasteiger partial charge on any atom is 0.416 e. The standard InChI is InChI=1S/C23H19ClF6N2O2/c1-12-8-13(2-6-18(12)21(34)31-17-4-5-17)3-7-19(33)32-20(23(28,29)30)14-9-15(22(25,26)27)11-16(24)10-14/h2-3,6-11,17,20H,4-5H2,1H3,(H,31,34)(H,32,33). The summed E-state index contributed by atoms with van der Waals surface area (Å²) in [6, 6.07) is 3.61. The van der Waals surface area contributed by atoms with Crippen LogP contribution in [0.3, 0.4) is 0 Å². The van der Waals surface area contributed by atoms with Gasteiger partial charge < -0.3 is 10.6 Å². The van der Waals surface area contributed by atoms with Gasteiger partial charge in [0.2, 0.25) is 5.91 Å². The zero-order chi connectivity index (χ0) is 25.3. The topological polar surface area (TPSA) is 58.2 Å². The Labute approximate surface area is 196 Å². The zero-order valence-electron chi connectivity index (χ0n) is 17.6. The summed E-state index contributed by atoms with van der Waals surface area (Å²) >= 11 is 5.59. The molecule has 1 fully saturated rings. The summed E-state index contributed by atoms with van der Waals surface area (Å²) in [6.07, 6.45) is -6.09. The van der Waals surface area contributed by atoms with Gasteiger partial charge in [-0.2, -0.15) is 26.3 Å². The molecule has 2 amide bonds. The minimum atomic E-state index is -5.08. The van der Waals surface area contributed by atoms with Gasteiger partial charge in [0.25, 0.3) is 5.91 Å². The molecule has 1 saturated carbocycles. The Morgan fingerprint density at radius 2 is 1.74 bits per heavy atom. The smallest absolute Gasteiger partial charge is 0.349 e. The number of rotatable bonds is 6. The zero-order valence-corrected chi connectivity index (χ0v) is 18.4. The Balaban J connectivity index is 1.76. The van der Waals surface area contributed by atoms with Crippen LogP contribution in [0.2, 0.25) is 5.02 Å². The number of benzene rings is 2. The number of carbonyl (C=O) groups is 2. The summed E-state index contributed by atoms with van der Waals surface area (Å²) in [6.45, 7) is 1.68. The molecule has 2 N–H and O–H groups in total. The van der Waals surface area contributed by atoms with Crippen molar-refractivity contribution in [1.29, 1.82) is 0 Å². The minimum absolute atomic E-state index is 0.170. The minimum Gasteiger partial charge on any atom is -0.349 e. The second kappa shape index (κ2) is 9.69. The average Bonchev–Trinajstić information content (AvgIpc) is 3.52. The van der Waals surface area contributed by atoms with Crippen LogP contribution in [0.5, 0.6) is 0 Å². The van der Waals surface area contributed by atoms with Crippen molar-refractivity contribution in [3.05, 3.63) is 75.3 Å². The molecule has 1 aliphatic carbocycles. The summed E-state index contributed by atoms with van der Waals surface area (Å²) in [4.78, 5) is 24.4. The lowest BCUT2D eigenvalue weighted by atomic mass is 10.0. The molecule has 0 heterocycles. The first kappa shape index (κ1) is 25.6. The summed E-state index contributed by atoms with van der Waals surface area (Å²) in [7, 11) is 0. The van der Waals surface area contributed by atoms with Crippen LogP contribution >= 0.6 is 11.6 Å². The molecule has 11 heteroatoms. The lowest BCUT2D eigenvalue weighted by Gasteiger charge is -2.22. The predicted molar refractivity (Wildman–Crippen MR) is 114 cm³/mol. The Morgan fingerprint density at radius 1 is 1.06 bits per heavy atom. The predicted octanol–water partition coefficient (Wildman–Crippen LogP) is 5.99. The fraction of sp³-hybridized carbons (Fsp3) is 0.304. The number of alkyl halides is 6. The van der Waals surface area contributed by atoms with E-state index < -0.39 is 40.5 Å². The summed E-state index contributed by atoms with van der Waals surface area (Å²) < 4.78 is 79.6. The maximum atomic E-state index is 13.6. The van der Waals surface area contributed by atoms with E-state index in [1.807, 2.05) is 0 Å². The van der Waals surface area contributed by atoms with Crippen LogP contribution in [0.15, 0.2) is 42.5 Å². The Morgan fingerprint density at radius 3 is 2.29 bits per heavy atom. The van der Waals surface area contributed by atoms with Crippen LogP contribution in [-0.4, -0.2) is 24.0 Å². The van der Waals surface area contributed by atoms with Crippen molar-refractivity contribution >= 4 is 29.5 Å². The lowest BCUT2D eigenvalue weighted by molar-refractivity contribution is -0.162. The number of nitrogens with one attached hydrogen (secondary N) is 2. The van der Waals surface area contributed by atoms with Crippen LogP contribution in [0, 0.1) is 6.92 Å². The highest BCUT2D eigenvalue weighted by molar-refractivity contribution is 6.30. The number of hydrogen-bond acceptors (Lipinski definition) is 2. The Hall–Kier alpha value is -3.01. The number of hydrogen-bond donors (Lipinski definition) is 2. The molecule has 0 radical (unpaired) electrons. The molecule has 0 aliphatic heterocycles. The molecule has 2 aromatic rings. The van der Waals surface area contributed by atoms with Gasteiger partial charge in [0.05, 0.1) is 5.56 Å². The van der Waals surface area contributed by atoms with Crippen molar-refractivity contribution in [2.45, 2.75) is 44.2 Å². The first-order chi connectivity index (χ1) is 15.7. The number of halogens is 7. The second-order valence-electron chi connectivity index (χ2n) is 7.91. The summed E-state index contributed by atoms with van der Waals surface area (Å²) in [5.41, 5.74) is -0.730. The van der Waals surface area contributed by atoms with E-state index in [1.54, 1.807) is 18.3 Å². The largest absolute Gasteiger partial charge is 0.416 e. The highest BCUT2D eigenvalue weighted by Crippen LogP contribution is 2.38. The number of aryl methyl sites for hydroxylation is 1. The van der Waals surface area contributed by atoms with Crippen LogP contribution < -0.4 is 10.6 Å². The normalized spacial score (nSPS) is 15.3. The molecule has 1 unspecified atom stereocenters. The van der Waals surface area contributed by atoms with Gasteiger partial charge in [0.1, 0.15) is 0 Å². The van der Waals surface area contributed by atoms with Crippen molar-refractivity contribution in [3.8, 4) is 0 Å². The van der Waals surface area contributed by atoms with E-state index in [9.17, 15) is 35.9 Å². The van der Waals surface area contributed by atoms with Crippen LogP contribution in [0.1, 0.15) is 51.5 Å². The Bertz CT molecular complexity index is 1120. The van der Waals surface area contributed by atoms with Gasteiger partial charge in [0, 0.05) is 22.7 Å². The molecule has 0 saturated heterocycles. The molecule has 2 aromatic carbocycles. The van der Waals surface area contributed by atoms with E-state index in [0.29, 0.717) is 34.9 Å². The van der Waals surface area contributed by atoms with Crippen molar-refractivity contribution < 1.29 is 35.9 Å². The van der Waals surface area contributed by atoms with Crippen molar-refractivity contribution in [3.63, 3.8) is 0 Å². The van der Waals surface area contributed by atoms with Gasteiger partial charge in [-0.3, -0.25) is 9.59 Å². The molecule has 0 bridgehead atoms. The highest BCUT2D eigenvalue weighted by Gasteiger charge is 2.43. The molecule has 0 aromatic heterocycles. The third kappa shape index (κ3) is 6.75. The van der Waals surface area contributed by atoms with E-state index in [4.69, 9.17) is 11.6 Å². The van der Waals surface area contributed by atoms with Crippen LogP contribution in [-0.2, 0) is 11.0 Å². The monoisotopic (exact) mass is 504 g/mol. The third-order valence-corrected chi connectivity index (χ3v) is 5.25.